The second-order valence-corrected chi connectivity index (χ2v) is 12.3. The molecule has 6 unspecified atom stereocenters. The summed E-state index contributed by atoms with van der Waals surface area (Å²) in [6, 6.07) is 1.55. The van der Waals surface area contributed by atoms with Gasteiger partial charge in [-0.1, -0.05) is 12.8 Å². The zero-order valence-corrected chi connectivity index (χ0v) is 28.1. The molecule has 6 atom stereocenters. The topological polar surface area (TPSA) is 172 Å². The zero-order chi connectivity index (χ0) is 33.2. The van der Waals surface area contributed by atoms with E-state index in [2.05, 4.69) is 43.8 Å². The van der Waals surface area contributed by atoms with Crippen molar-refractivity contribution in [3.8, 4) is 6.07 Å². The maximum atomic E-state index is 12.1. The average Bonchev–Trinajstić information content (AvgIpc) is 2.90. The van der Waals surface area contributed by atoms with Crippen molar-refractivity contribution in [3.05, 3.63) is 0 Å². The summed E-state index contributed by atoms with van der Waals surface area (Å²) in [6.45, 7) is 14.0. The molecule has 0 bridgehead atoms. The van der Waals surface area contributed by atoms with Crippen molar-refractivity contribution < 1.29 is 51.9 Å². The van der Waals surface area contributed by atoms with Crippen LogP contribution in [0.1, 0.15) is 87.5 Å². The Morgan fingerprint density at radius 1 is 0.841 bits per heavy atom. The molecule has 1 heterocycles. The number of carbonyl (C=O) groups is 4. The molecular weight excluding hydrogens is 597 g/mol. The summed E-state index contributed by atoms with van der Waals surface area (Å²) >= 11 is 0. The number of nitrogens with zero attached hydrogens (tertiary/aromatic N) is 2. The molecule has 1 fully saturated rings. The number of hydrogen-bond acceptors (Lipinski definition) is 13. The van der Waals surface area contributed by atoms with Crippen LogP contribution in [0, 0.1) is 11.3 Å². The van der Waals surface area contributed by atoms with E-state index in [9.17, 15) is 19.2 Å². The van der Waals surface area contributed by atoms with Crippen LogP contribution in [-0.2, 0) is 51.9 Å². The van der Waals surface area contributed by atoms with Crippen molar-refractivity contribution in [2.75, 3.05) is 26.4 Å². The van der Waals surface area contributed by atoms with E-state index in [1.165, 1.54) is 27.7 Å². The van der Waals surface area contributed by atoms with Crippen molar-refractivity contribution >= 4 is 32.3 Å². The molecule has 1 amide bonds. The van der Waals surface area contributed by atoms with Crippen molar-refractivity contribution in [1.29, 1.82) is 5.26 Å². The Hall–Kier alpha value is -2.40. The first kappa shape index (κ1) is 39.6. The number of ether oxygens (including phenoxy) is 5. The third-order valence-electron chi connectivity index (χ3n) is 6.26. The van der Waals surface area contributed by atoms with Gasteiger partial charge in [-0.15, -0.1) is 0 Å². The lowest BCUT2D eigenvalue weighted by molar-refractivity contribution is -0.277. The summed E-state index contributed by atoms with van der Waals surface area (Å²) in [4.78, 5) is 47.4. The Bertz CT molecular complexity index is 938. The van der Waals surface area contributed by atoms with Crippen molar-refractivity contribution in [3.63, 3.8) is 0 Å². The lowest BCUT2D eigenvalue weighted by Gasteiger charge is -2.44. The molecule has 0 aromatic heterocycles. The predicted octanol–water partition coefficient (Wildman–Crippen LogP) is 3.51. The first-order valence-electron chi connectivity index (χ1n) is 15.0. The number of amides is 1. The number of unbranched alkanes of at least 4 members (excludes halogenated alkanes) is 3. The molecule has 1 aliphatic rings. The SMILES string of the molecule is CC(=O)NC1C(OCCCCCCOP(OCCC#N)N(C(C)C)C(C)C)OC(COC(C)=O)C(OC(C)=O)C1OC(C)=O. The number of hydrogen-bond donors (Lipinski definition) is 1. The molecule has 0 aliphatic carbocycles. The number of nitriles is 1. The van der Waals surface area contributed by atoms with E-state index in [1.807, 2.05) is 0 Å². The second kappa shape index (κ2) is 21.4. The highest BCUT2D eigenvalue weighted by Crippen LogP contribution is 2.46. The number of rotatable bonds is 20. The van der Waals surface area contributed by atoms with Gasteiger partial charge in [0.2, 0.25) is 5.91 Å². The fourth-order valence-electron chi connectivity index (χ4n) is 4.65. The smallest absolute Gasteiger partial charge is 0.303 e. The Morgan fingerprint density at radius 2 is 1.41 bits per heavy atom. The Labute approximate surface area is 262 Å². The Balaban J connectivity index is 2.78. The highest BCUT2D eigenvalue weighted by atomic mass is 31.2. The second-order valence-electron chi connectivity index (χ2n) is 10.9. The van der Waals surface area contributed by atoms with Gasteiger partial charge < -0.3 is 38.0 Å². The number of nitrogens with one attached hydrogen (secondary N) is 1. The molecule has 0 aromatic rings. The summed E-state index contributed by atoms with van der Waals surface area (Å²) in [6.07, 6.45) is -0.988. The van der Waals surface area contributed by atoms with Crippen molar-refractivity contribution in [2.45, 2.75) is 130 Å². The third kappa shape index (κ3) is 15.1. The fourth-order valence-corrected chi connectivity index (χ4v) is 6.27. The Kier molecular flexibility index (Phi) is 19.2. The van der Waals surface area contributed by atoms with Crippen LogP contribution in [0.25, 0.3) is 0 Å². The van der Waals surface area contributed by atoms with Gasteiger partial charge in [-0.3, -0.25) is 19.2 Å². The summed E-state index contributed by atoms with van der Waals surface area (Å²) in [5.74, 6) is -2.35. The number of esters is 3. The molecule has 1 rings (SSSR count). The molecule has 1 aliphatic heterocycles. The van der Waals surface area contributed by atoms with Gasteiger partial charge >= 0.3 is 17.9 Å². The zero-order valence-electron chi connectivity index (χ0n) is 27.2. The van der Waals surface area contributed by atoms with Gasteiger partial charge in [0.25, 0.3) is 8.53 Å². The van der Waals surface area contributed by atoms with Gasteiger partial charge in [0.15, 0.2) is 18.5 Å². The standard InChI is InChI=1S/C29H50N3O11P/c1-19(2)32(20(3)4)44(40-17-13-14-30)39-16-12-10-9-11-15-37-29-26(31-21(5)33)28(42-24(8)36)27(41-23(7)35)25(43-29)18-38-22(6)34/h19-20,25-29H,9-13,15-18H2,1-8H3,(H,31,33). The average molecular weight is 648 g/mol. The van der Waals surface area contributed by atoms with Crippen molar-refractivity contribution in [2.24, 2.45) is 0 Å². The third-order valence-corrected chi connectivity index (χ3v) is 8.36. The van der Waals surface area contributed by atoms with E-state index < -0.39 is 63.0 Å². The van der Waals surface area contributed by atoms with Gasteiger partial charge in [0.1, 0.15) is 18.8 Å². The molecule has 0 saturated carbocycles. The summed E-state index contributed by atoms with van der Waals surface area (Å²) in [5.41, 5.74) is 0. The van der Waals surface area contributed by atoms with E-state index in [1.54, 1.807) is 0 Å². The van der Waals surface area contributed by atoms with Crippen LogP contribution in [0.4, 0.5) is 0 Å². The van der Waals surface area contributed by atoms with E-state index >= 15 is 0 Å². The molecule has 252 valence electrons. The van der Waals surface area contributed by atoms with Crippen LogP contribution >= 0.6 is 8.53 Å². The lowest BCUT2D eigenvalue weighted by Crippen LogP contribution is -2.66. The molecule has 1 saturated heterocycles. The minimum atomic E-state index is -1.29. The van der Waals surface area contributed by atoms with Crippen LogP contribution in [0.3, 0.4) is 0 Å². The molecular formula is C29H50N3O11P. The normalized spacial score (nSPS) is 22.4. The fraction of sp³-hybridized carbons (Fsp3) is 0.828. The predicted molar refractivity (Wildman–Crippen MR) is 160 cm³/mol. The van der Waals surface area contributed by atoms with Crippen LogP contribution in [0.5, 0.6) is 0 Å². The van der Waals surface area contributed by atoms with Crippen LogP contribution in [-0.4, -0.2) is 97.6 Å². The number of carbonyl (C=O) groups excluding carboxylic acids is 4. The summed E-state index contributed by atoms with van der Waals surface area (Å²) < 4.78 is 42.2. The summed E-state index contributed by atoms with van der Waals surface area (Å²) in [7, 11) is -1.29. The molecule has 44 heavy (non-hydrogen) atoms. The van der Waals surface area contributed by atoms with Crippen LogP contribution < -0.4 is 5.32 Å². The maximum absolute atomic E-state index is 12.1. The maximum Gasteiger partial charge on any atom is 0.303 e. The highest BCUT2D eigenvalue weighted by Gasteiger charge is 2.51. The Morgan fingerprint density at radius 3 is 1.93 bits per heavy atom. The highest BCUT2D eigenvalue weighted by molar-refractivity contribution is 7.44. The quantitative estimate of drug-likeness (QED) is 0.0881. The monoisotopic (exact) mass is 647 g/mol. The lowest BCUT2D eigenvalue weighted by atomic mass is 9.96. The van der Waals surface area contributed by atoms with Gasteiger partial charge in [-0.05, 0) is 40.5 Å². The molecule has 14 nitrogen and oxygen atoms in total. The van der Waals surface area contributed by atoms with E-state index in [4.69, 9.17) is 38.0 Å². The van der Waals surface area contributed by atoms with Gasteiger partial charge in [-0.25, -0.2) is 4.67 Å². The molecule has 0 spiro atoms. The molecule has 0 aromatic carbocycles. The first-order chi connectivity index (χ1) is 20.8. The summed E-state index contributed by atoms with van der Waals surface area (Å²) in [5, 5.41) is 11.6. The van der Waals surface area contributed by atoms with E-state index in [0.717, 1.165) is 19.3 Å². The molecule has 1 N–H and O–H groups in total. The van der Waals surface area contributed by atoms with Crippen molar-refractivity contribution in [1.82, 2.24) is 9.99 Å². The molecule has 0 radical (unpaired) electrons. The molecule has 15 heteroatoms. The minimum absolute atomic E-state index is 0.224. The minimum Gasteiger partial charge on any atom is -0.463 e. The van der Waals surface area contributed by atoms with Gasteiger partial charge in [0.05, 0.1) is 25.7 Å². The van der Waals surface area contributed by atoms with Gasteiger partial charge in [0, 0.05) is 46.4 Å². The van der Waals surface area contributed by atoms with E-state index in [0.29, 0.717) is 26.1 Å². The first-order valence-corrected chi connectivity index (χ1v) is 16.1. The van der Waals surface area contributed by atoms with E-state index in [-0.39, 0.29) is 25.3 Å². The largest absolute Gasteiger partial charge is 0.463 e. The van der Waals surface area contributed by atoms with Crippen LogP contribution in [0.15, 0.2) is 0 Å². The van der Waals surface area contributed by atoms with Gasteiger partial charge in [-0.2, -0.15) is 5.26 Å². The van der Waals surface area contributed by atoms with Crippen LogP contribution in [0.2, 0.25) is 0 Å².